The quantitative estimate of drug-likeness (QED) is 0.0552. The van der Waals surface area contributed by atoms with E-state index in [2.05, 4.69) is 101 Å². The van der Waals surface area contributed by atoms with E-state index in [1.54, 1.807) is 6.07 Å². The standard InChI is InChI=1S/C65H80N4O7/c1-5-10-58-49-28-48(27-44-17-21-57(43-11-8-7-9-12-43)59-36-63(75)64(76-4)32-45(59)16-19-54(71)35-62(74)60(44)31-49)56(22-20-53(70)6-2)46-23-24-67-65(33-46)69-51-18-15-42-14-13-41(25-47(42)29-51)26-55(72)39-66-37-40(3)50-30-52(68-38-50)34-61(58)73/h7-9,11-15,18,23,25,29-30,32-33,36,38,40,44,48-49,53,55-58,60-61,66-70,72-73,75H,5-6,10,16,19-20,22,24,26-28,31,34-35,37,39H2,1-4H3. The van der Waals surface area contributed by atoms with Gasteiger partial charge < -0.3 is 46.1 Å². The smallest absolute Gasteiger partial charge is 0.160 e. The van der Waals surface area contributed by atoms with Crippen molar-refractivity contribution in [1.82, 2.24) is 15.6 Å². The Morgan fingerprint density at radius 1 is 0.842 bits per heavy atom. The number of benzene rings is 4. The summed E-state index contributed by atoms with van der Waals surface area (Å²) in [6.07, 6.45) is 11.4. The number of aliphatic hydroxyl groups is 3. The minimum atomic E-state index is -0.714. The number of hydrogen-bond donors (Lipinski definition) is 8. The second kappa shape index (κ2) is 25.3. The summed E-state index contributed by atoms with van der Waals surface area (Å²) in [6, 6.07) is 28.5. The molecule has 9 bridgehead atoms. The summed E-state index contributed by atoms with van der Waals surface area (Å²) in [4.78, 5) is 32.8. The third kappa shape index (κ3) is 13.3. The minimum absolute atomic E-state index is 0.000215. The molecule has 1 saturated carbocycles. The van der Waals surface area contributed by atoms with E-state index in [0.29, 0.717) is 76.8 Å². The molecule has 11 heteroatoms. The number of fused-ring (bicyclic) bond motifs is 9. The highest BCUT2D eigenvalue weighted by atomic mass is 16.5. The largest absolute Gasteiger partial charge is 0.504 e. The SMILES string of the molecule is CCCC1C(O)Cc2cc(c[nH]2)C(C)CNCC(O)Cc2ccc3ccc(cc3c2)NC2=CC(=CCN2)C(CCC(O)CC)C2CC3C#CC(c4ccccc4)c4cc(O)c(OC)cc4CCC(=O)CC(=O)C3CC1C2. The van der Waals surface area contributed by atoms with Gasteiger partial charge in [0.15, 0.2) is 11.5 Å². The van der Waals surface area contributed by atoms with Gasteiger partial charge in [0.2, 0.25) is 0 Å². The number of methoxy groups -OCH3 is 1. The molecule has 4 aromatic carbocycles. The molecule has 0 radical (unpaired) electrons. The number of H-pyrrole nitrogens is 1. The average molecular weight is 1030 g/mol. The number of carbonyl (C=O) groups is 2. The lowest BCUT2D eigenvalue weighted by Crippen LogP contribution is -2.34. The molecule has 2 aliphatic carbocycles. The first kappa shape index (κ1) is 54.6. The number of aliphatic hydroxyl groups excluding tert-OH is 3. The van der Waals surface area contributed by atoms with Crippen molar-refractivity contribution in [2.45, 2.75) is 134 Å². The number of aryl methyl sites for hydroxylation is 1. The number of nitrogens with one attached hydrogen (secondary N) is 4. The summed E-state index contributed by atoms with van der Waals surface area (Å²) in [5.74, 6) is 6.94. The highest BCUT2D eigenvalue weighted by Crippen LogP contribution is 2.48. The van der Waals surface area contributed by atoms with Gasteiger partial charge in [-0.15, -0.1) is 0 Å². The minimum Gasteiger partial charge on any atom is -0.504 e. The van der Waals surface area contributed by atoms with Crippen molar-refractivity contribution in [2.24, 2.45) is 35.5 Å². The molecule has 11 unspecified atom stereocenters. The Kier molecular flexibility index (Phi) is 18.2. The number of dihydropyridines is 1. The molecule has 3 heterocycles. The number of phenolic OH excluding ortho intramolecular Hbond substituents is 1. The summed E-state index contributed by atoms with van der Waals surface area (Å²) in [5.41, 5.74) is 7.84. The van der Waals surface area contributed by atoms with Gasteiger partial charge >= 0.3 is 0 Å². The van der Waals surface area contributed by atoms with Crippen LogP contribution in [0.15, 0.2) is 115 Å². The lowest BCUT2D eigenvalue weighted by Gasteiger charge is -2.36. The summed E-state index contributed by atoms with van der Waals surface area (Å²) in [7, 11) is 1.52. The van der Waals surface area contributed by atoms with E-state index in [9.17, 15) is 25.2 Å². The molecule has 76 heavy (non-hydrogen) atoms. The lowest BCUT2D eigenvalue weighted by molar-refractivity contribution is -0.130. The predicted octanol–water partition coefficient (Wildman–Crippen LogP) is 10.4. The molecule has 8 N–H and O–H groups in total. The Bertz CT molecular complexity index is 2930. The highest BCUT2D eigenvalue weighted by molar-refractivity contribution is 6.00. The summed E-state index contributed by atoms with van der Waals surface area (Å²) >= 11 is 0. The predicted molar refractivity (Wildman–Crippen MR) is 302 cm³/mol. The second-order valence-electron chi connectivity index (χ2n) is 22.5. The molecule has 9 rings (SSSR count). The Labute approximate surface area is 450 Å². The van der Waals surface area contributed by atoms with Gasteiger partial charge in [-0.3, -0.25) is 9.59 Å². The van der Waals surface area contributed by atoms with Crippen LogP contribution < -0.4 is 20.7 Å². The Morgan fingerprint density at radius 2 is 1.67 bits per heavy atom. The average Bonchev–Trinajstić information content (AvgIpc) is 3.81. The molecule has 0 saturated heterocycles. The number of ketones is 2. The van der Waals surface area contributed by atoms with E-state index in [1.807, 2.05) is 49.5 Å². The van der Waals surface area contributed by atoms with Gasteiger partial charge in [-0.1, -0.05) is 99.7 Å². The van der Waals surface area contributed by atoms with Gasteiger partial charge in [0, 0.05) is 61.9 Å². The number of rotatable bonds is 8. The van der Waals surface area contributed by atoms with Crippen molar-refractivity contribution in [3.8, 4) is 23.3 Å². The summed E-state index contributed by atoms with van der Waals surface area (Å²) in [5, 5.41) is 59.4. The van der Waals surface area contributed by atoms with Gasteiger partial charge in [0.1, 0.15) is 17.4 Å². The van der Waals surface area contributed by atoms with Crippen molar-refractivity contribution in [3.05, 3.63) is 148 Å². The molecule has 4 aliphatic rings. The zero-order valence-corrected chi connectivity index (χ0v) is 45.0. The third-order valence-electron chi connectivity index (χ3n) is 17.2. The first-order valence-corrected chi connectivity index (χ1v) is 28.2. The topological polar surface area (TPSA) is 176 Å². The number of ether oxygens (including phenoxy) is 1. The number of aromatic hydroxyl groups is 1. The fourth-order valence-corrected chi connectivity index (χ4v) is 12.9. The Balaban J connectivity index is 1.18. The molecule has 1 fully saturated rings. The first-order valence-electron chi connectivity index (χ1n) is 28.2. The number of anilines is 1. The monoisotopic (exact) mass is 1030 g/mol. The maximum atomic E-state index is 15.2. The maximum Gasteiger partial charge on any atom is 0.160 e. The van der Waals surface area contributed by atoms with Crippen LogP contribution in [0, 0.1) is 47.3 Å². The van der Waals surface area contributed by atoms with Crippen molar-refractivity contribution in [1.29, 1.82) is 0 Å². The van der Waals surface area contributed by atoms with Crippen LogP contribution in [0.5, 0.6) is 11.5 Å². The van der Waals surface area contributed by atoms with Crippen molar-refractivity contribution in [2.75, 3.05) is 32.1 Å². The number of allylic oxidation sites excluding steroid dienone is 2. The van der Waals surface area contributed by atoms with Gasteiger partial charge in [-0.05, 0) is 168 Å². The third-order valence-corrected chi connectivity index (χ3v) is 17.2. The van der Waals surface area contributed by atoms with Gasteiger partial charge in [-0.2, -0.15) is 0 Å². The first-order chi connectivity index (χ1) is 36.9. The molecule has 2 aliphatic heterocycles. The Hall–Kier alpha value is -6.16. The van der Waals surface area contributed by atoms with Crippen molar-refractivity contribution in [3.63, 3.8) is 0 Å². The van der Waals surface area contributed by atoms with E-state index < -0.39 is 36.1 Å². The zero-order chi connectivity index (χ0) is 53.3. The van der Waals surface area contributed by atoms with Crippen LogP contribution in [0.1, 0.15) is 130 Å². The maximum absolute atomic E-state index is 15.2. The Morgan fingerprint density at radius 3 is 2.47 bits per heavy atom. The van der Waals surface area contributed by atoms with Crippen LogP contribution in [0.25, 0.3) is 10.8 Å². The number of Topliss-reactive ketones (excluding diaryl/α,β-unsaturated/α-hetero) is 2. The highest BCUT2D eigenvalue weighted by Gasteiger charge is 2.43. The molecule has 0 spiro atoms. The fraction of sp³-hybridized carbons (Fsp3) is 0.477. The van der Waals surface area contributed by atoms with Crippen LogP contribution in [-0.2, 0) is 28.9 Å². The molecule has 11 atom stereocenters. The van der Waals surface area contributed by atoms with Crippen LogP contribution in [0.4, 0.5) is 5.69 Å². The van der Waals surface area contributed by atoms with Crippen molar-refractivity contribution >= 4 is 28.0 Å². The molecular weight excluding hydrogens is 949 g/mol. The number of carbonyl (C=O) groups excluding carboxylic acids is 2. The molecule has 1 aromatic heterocycles. The van der Waals surface area contributed by atoms with Crippen molar-refractivity contribution < 1.29 is 34.8 Å². The normalized spacial score (nSPS) is 27.2. The van der Waals surface area contributed by atoms with E-state index in [-0.39, 0.29) is 59.7 Å². The van der Waals surface area contributed by atoms with E-state index in [0.717, 1.165) is 80.6 Å². The molecule has 0 amide bonds. The van der Waals surface area contributed by atoms with Crippen LogP contribution in [0.2, 0.25) is 0 Å². The zero-order valence-electron chi connectivity index (χ0n) is 45.0. The molecule has 5 aromatic rings. The number of aromatic nitrogens is 1. The number of phenols is 1. The molecule has 11 nitrogen and oxygen atoms in total. The summed E-state index contributed by atoms with van der Waals surface area (Å²) in [6.45, 7) is 8.09. The number of hydrogen-bond acceptors (Lipinski definition) is 10. The fourth-order valence-electron chi connectivity index (χ4n) is 12.9. The van der Waals surface area contributed by atoms with Crippen LogP contribution >= 0.6 is 0 Å². The van der Waals surface area contributed by atoms with E-state index >= 15 is 4.79 Å². The van der Waals surface area contributed by atoms with Gasteiger partial charge in [-0.25, -0.2) is 0 Å². The number of β-amino-alcohol motifs (C(OH)–C–C–N with tert-alkyl or cyclic N) is 1. The van der Waals surface area contributed by atoms with E-state index in [1.165, 1.54) is 7.11 Å². The van der Waals surface area contributed by atoms with Crippen LogP contribution in [0.3, 0.4) is 0 Å². The number of aromatic amines is 1. The van der Waals surface area contributed by atoms with Crippen LogP contribution in [-0.4, -0.2) is 82.0 Å². The lowest BCUT2D eigenvalue weighted by atomic mass is 9.71. The van der Waals surface area contributed by atoms with E-state index in [4.69, 9.17) is 4.74 Å². The van der Waals surface area contributed by atoms with Gasteiger partial charge in [0.05, 0.1) is 37.8 Å². The summed E-state index contributed by atoms with van der Waals surface area (Å²) < 4.78 is 5.57. The second-order valence-corrected chi connectivity index (χ2v) is 22.5. The van der Waals surface area contributed by atoms with Gasteiger partial charge in [0.25, 0.3) is 0 Å². The molecular formula is C65H80N4O7. The molecule has 402 valence electrons.